The summed E-state index contributed by atoms with van der Waals surface area (Å²) < 4.78 is 39.9. The van der Waals surface area contributed by atoms with Crippen molar-refractivity contribution in [2.45, 2.75) is 31.0 Å². The van der Waals surface area contributed by atoms with Crippen molar-refractivity contribution < 1.29 is 28.2 Å². The van der Waals surface area contributed by atoms with Gasteiger partial charge in [0.05, 0.1) is 6.61 Å². The van der Waals surface area contributed by atoms with Crippen molar-refractivity contribution in [2.75, 3.05) is 13.2 Å². The maximum atomic E-state index is 13.7. The number of nitrogens with zero attached hydrogens (tertiary/aromatic N) is 1. The van der Waals surface area contributed by atoms with Crippen LogP contribution in [0.2, 0.25) is 0 Å². The summed E-state index contributed by atoms with van der Waals surface area (Å²) >= 11 is 3.43. The van der Waals surface area contributed by atoms with Gasteiger partial charge in [0, 0.05) is 36.0 Å². The molecule has 2 N–H and O–H groups in total. The van der Waals surface area contributed by atoms with Crippen molar-refractivity contribution in [3.05, 3.63) is 112 Å². The summed E-state index contributed by atoms with van der Waals surface area (Å²) in [6, 6.07) is 18.0. The minimum Gasteiger partial charge on any atom is -0.494 e. The van der Waals surface area contributed by atoms with Crippen molar-refractivity contribution in [2.24, 2.45) is 4.99 Å². The zero-order valence-corrected chi connectivity index (χ0v) is 22.1. The SMILES string of the molecule is C=CC[C@@]1(C(=O)NCc2ccc(F)c(F)c2)N=C(c2ccc(OCCCO)cc2)O[C@@H]1c1ccc(Br)cc1. The lowest BCUT2D eigenvalue weighted by molar-refractivity contribution is -0.129. The van der Waals surface area contributed by atoms with Crippen molar-refractivity contribution in [1.82, 2.24) is 5.32 Å². The number of aliphatic imine (C=N–C) groups is 1. The number of carbonyl (C=O) groups is 1. The molecule has 0 fully saturated rings. The number of ether oxygens (including phenoxy) is 2. The van der Waals surface area contributed by atoms with E-state index >= 15 is 0 Å². The zero-order valence-electron chi connectivity index (χ0n) is 20.5. The van der Waals surface area contributed by atoms with E-state index in [1.54, 1.807) is 30.3 Å². The van der Waals surface area contributed by atoms with E-state index in [0.29, 0.717) is 29.9 Å². The second-order valence-corrected chi connectivity index (χ2v) is 9.68. The predicted octanol–water partition coefficient (Wildman–Crippen LogP) is 5.64. The van der Waals surface area contributed by atoms with Gasteiger partial charge >= 0.3 is 0 Å². The van der Waals surface area contributed by atoms with Crippen LogP contribution < -0.4 is 10.1 Å². The van der Waals surface area contributed by atoms with Gasteiger partial charge in [0.25, 0.3) is 5.91 Å². The molecule has 0 radical (unpaired) electrons. The highest BCUT2D eigenvalue weighted by Gasteiger charge is 2.52. The lowest BCUT2D eigenvalue weighted by Crippen LogP contribution is -2.47. The van der Waals surface area contributed by atoms with Gasteiger partial charge in [-0.15, -0.1) is 6.58 Å². The maximum absolute atomic E-state index is 13.7. The van der Waals surface area contributed by atoms with Gasteiger partial charge in [-0.1, -0.05) is 40.2 Å². The molecule has 1 heterocycles. The molecule has 0 saturated heterocycles. The Balaban J connectivity index is 1.66. The molecule has 0 aliphatic carbocycles. The van der Waals surface area contributed by atoms with Crippen LogP contribution in [0.1, 0.15) is 35.6 Å². The molecule has 0 saturated carbocycles. The monoisotopic (exact) mass is 584 g/mol. The number of halogens is 3. The van der Waals surface area contributed by atoms with E-state index in [9.17, 15) is 13.6 Å². The van der Waals surface area contributed by atoms with Gasteiger partial charge in [-0.3, -0.25) is 4.79 Å². The van der Waals surface area contributed by atoms with Gasteiger partial charge in [-0.2, -0.15) is 0 Å². The highest BCUT2D eigenvalue weighted by atomic mass is 79.9. The van der Waals surface area contributed by atoms with E-state index in [2.05, 4.69) is 27.8 Å². The van der Waals surface area contributed by atoms with E-state index in [4.69, 9.17) is 19.6 Å². The molecular weight excluding hydrogens is 558 g/mol. The predicted molar refractivity (Wildman–Crippen MR) is 144 cm³/mol. The number of aliphatic hydroxyl groups excluding tert-OH is 1. The summed E-state index contributed by atoms with van der Waals surface area (Å²) in [5.41, 5.74) is 0.410. The fourth-order valence-electron chi connectivity index (χ4n) is 4.16. The quantitative estimate of drug-likeness (QED) is 0.226. The van der Waals surface area contributed by atoms with E-state index in [1.165, 1.54) is 6.07 Å². The summed E-state index contributed by atoms with van der Waals surface area (Å²) in [4.78, 5) is 18.5. The van der Waals surface area contributed by atoms with Crippen LogP contribution in [-0.4, -0.2) is 35.7 Å². The summed E-state index contributed by atoms with van der Waals surface area (Å²) in [7, 11) is 0. The molecular formula is C29H27BrF2N2O4. The second-order valence-electron chi connectivity index (χ2n) is 8.76. The van der Waals surface area contributed by atoms with Crippen LogP contribution in [0, 0.1) is 11.6 Å². The fraction of sp³-hybridized carbons (Fsp3) is 0.241. The minimum atomic E-state index is -1.39. The molecule has 0 aromatic heterocycles. The molecule has 3 aromatic carbocycles. The molecule has 1 aliphatic heterocycles. The molecule has 38 heavy (non-hydrogen) atoms. The average molecular weight is 585 g/mol. The highest BCUT2D eigenvalue weighted by Crippen LogP contribution is 2.43. The fourth-order valence-corrected chi connectivity index (χ4v) is 4.42. The number of benzene rings is 3. The smallest absolute Gasteiger partial charge is 0.252 e. The Morgan fingerprint density at radius 3 is 2.53 bits per heavy atom. The topological polar surface area (TPSA) is 80.2 Å². The first-order valence-electron chi connectivity index (χ1n) is 12.1. The Kier molecular flexibility index (Phi) is 8.91. The van der Waals surface area contributed by atoms with E-state index in [0.717, 1.165) is 22.2 Å². The van der Waals surface area contributed by atoms with Crippen LogP contribution in [-0.2, 0) is 16.1 Å². The molecule has 3 aromatic rings. The van der Waals surface area contributed by atoms with Crippen molar-refractivity contribution in [3.8, 4) is 5.75 Å². The Labute approximate surface area is 228 Å². The van der Waals surface area contributed by atoms with Gasteiger partial charge in [0.15, 0.2) is 23.3 Å². The lowest BCUT2D eigenvalue weighted by atomic mass is 9.84. The first-order chi connectivity index (χ1) is 18.4. The van der Waals surface area contributed by atoms with Crippen LogP contribution in [0.15, 0.2) is 88.9 Å². The third-order valence-electron chi connectivity index (χ3n) is 6.10. The van der Waals surface area contributed by atoms with Crippen LogP contribution in [0.4, 0.5) is 8.78 Å². The van der Waals surface area contributed by atoms with E-state index in [-0.39, 0.29) is 25.5 Å². The number of nitrogens with one attached hydrogen (secondary N) is 1. The normalized spacial score (nSPS) is 18.4. The van der Waals surface area contributed by atoms with Crippen LogP contribution in [0.5, 0.6) is 5.75 Å². The zero-order chi connectivity index (χ0) is 27.1. The molecule has 9 heteroatoms. The molecule has 0 bridgehead atoms. The first-order valence-corrected chi connectivity index (χ1v) is 12.8. The molecule has 6 nitrogen and oxygen atoms in total. The van der Waals surface area contributed by atoms with Gasteiger partial charge < -0.3 is 19.9 Å². The standard InChI is InChI=1S/C29H27BrF2N2O4/c1-2-14-29(28(36)33-18-19-4-13-24(31)25(32)17-19)26(20-5-9-22(30)10-6-20)38-27(34-29)21-7-11-23(12-8-21)37-16-3-15-35/h2,4-13,17,26,35H,1,3,14-16,18H2,(H,33,36)/t26-,29-/m1/s1. The van der Waals surface area contributed by atoms with Crippen molar-refractivity contribution in [1.29, 1.82) is 0 Å². The summed E-state index contributed by atoms with van der Waals surface area (Å²) in [5.74, 6) is -1.47. The molecule has 2 atom stereocenters. The van der Waals surface area contributed by atoms with Crippen LogP contribution in [0.3, 0.4) is 0 Å². The number of aliphatic hydroxyl groups is 1. The number of hydrogen-bond acceptors (Lipinski definition) is 5. The molecule has 1 aliphatic rings. The largest absolute Gasteiger partial charge is 0.494 e. The van der Waals surface area contributed by atoms with E-state index in [1.807, 2.05) is 24.3 Å². The van der Waals surface area contributed by atoms with Gasteiger partial charge in [-0.05, 0) is 59.7 Å². The summed E-state index contributed by atoms with van der Waals surface area (Å²) in [5, 5.41) is 11.8. The van der Waals surface area contributed by atoms with Gasteiger partial charge in [0.2, 0.25) is 5.90 Å². The van der Waals surface area contributed by atoms with E-state index < -0.39 is 29.2 Å². The number of carbonyl (C=O) groups excluding carboxylic acids is 1. The van der Waals surface area contributed by atoms with Crippen molar-refractivity contribution in [3.63, 3.8) is 0 Å². The molecule has 1 amide bonds. The molecule has 4 rings (SSSR count). The minimum absolute atomic E-state index is 0.0211. The van der Waals surface area contributed by atoms with Gasteiger partial charge in [0.1, 0.15) is 5.75 Å². The Bertz CT molecular complexity index is 1320. The van der Waals surface area contributed by atoms with Crippen LogP contribution >= 0.6 is 15.9 Å². The summed E-state index contributed by atoms with van der Waals surface area (Å²) in [6.45, 7) is 4.25. The highest BCUT2D eigenvalue weighted by molar-refractivity contribution is 9.10. The van der Waals surface area contributed by atoms with Crippen LogP contribution in [0.25, 0.3) is 0 Å². The summed E-state index contributed by atoms with van der Waals surface area (Å²) in [6.07, 6.45) is 1.53. The maximum Gasteiger partial charge on any atom is 0.252 e. The molecule has 198 valence electrons. The third kappa shape index (κ3) is 6.11. The third-order valence-corrected chi connectivity index (χ3v) is 6.62. The Hall–Kier alpha value is -3.56. The molecule has 0 spiro atoms. The second kappa shape index (κ2) is 12.3. The lowest BCUT2D eigenvalue weighted by Gasteiger charge is -2.29. The first kappa shape index (κ1) is 27.5. The Morgan fingerprint density at radius 2 is 1.87 bits per heavy atom. The van der Waals surface area contributed by atoms with Gasteiger partial charge in [-0.25, -0.2) is 13.8 Å². The Morgan fingerprint density at radius 1 is 1.13 bits per heavy atom. The number of amides is 1. The average Bonchev–Trinajstić information content (AvgIpc) is 3.31. The molecule has 0 unspecified atom stereocenters. The number of rotatable bonds is 11. The number of hydrogen-bond donors (Lipinski definition) is 2. The van der Waals surface area contributed by atoms with Crippen molar-refractivity contribution >= 4 is 27.7 Å².